The van der Waals surface area contributed by atoms with E-state index in [0.717, 1.165) is 83.5 Å². The predicted molar refractivity (Wildman–Crippen MR) is 247 cm³/mol. The van der Waals surface area contributed by atoms with Crippen molar-refractivity contribution in [3.05, 3.63) is 72.9 Å². The minimum absolute atomic E-state index is 0.120. The third-order valence-corrected chi connectivity index (χ3v) is 10.6. The molecular formula is C51H88O9. The summed E-state index contributed by atoms with van der Waals surface area (Å²) in [5.74, 6) is -0.322. The standard InChI is InChI=1S/C51H88O9/c1-3-5-7-9-11-13-15-16-17-18-19-20-21-22-23-24-25-26-27-28-29-31-33-35-37-39-41-57-43-45(44-58-51-50(56)49(55)48(54)46(42-52)60-51)59-47(53)40-38-36-34-32-30-14-12-10-8-6-4-2/h5,7,11,13,16-17,19-20,22-23,25-26,45-46,48-52,54-56H,3-4,6,8-10,12,14-15,18,21,24,27-44H2,1-2H3/b7-5-,13-11-,17-16-,20-19-,23-22-,26-25-. The van der Waals surface area contributed by atoms with Gasteiger partial charge >= 0.3 is 5.97 Å². The van der Waals surface area contributed by atoms with Gasteiger partial charge in [-0.25, -0.2) is 0 Å². The number of carbonyl (C=O) groups is 1. The molecule has 1 saturated heterocycles. The van der Waals surface area contributed by atoms with Gasteiger partial charge in [-0.15, -0.1) is 0 Å². The molecule has 1 aliphatic rings. The summed E-state index contributed by atoms with van der Waals surface area (Å²) in [6, 6.07) is 0. The Morgan fingerprint density at radius 1 is 0.550 bits per heavy atom. The molecule has 60 heavy (non-hydrogen) atoms. The molecule has 1 aliphatic heterocycles. The van der Waals surface area contributed by atoms with E-state index in [-0.39, 0.29) is 19.2 Å². The van der Waals surface area contributed by atoms with Gasteiger partial charge in [0.05, 0.1) is 19.8 Å². The lowest BCUT2D eigenvalue weighted by atomic mass is 9.99. The first kappa shape index (κ1) is 55.6. The number of hydrogen-bond donors (Lipinski definition) is 4. The lowest BCUT2D eigenvalue weighted by Crippen LogP contribution is -2.59. The van der Waals surface area contributed by atoms with E-state index in [1.807, 2.05) is 0 Å². The lowest BCUT2D eigenvalue weighted by Gasteiger charge is -2.39. The summed E-state index contributed by atoms with van der Waals surface area (Å²) in [4.78, 5) is 12.7. The van der Waals surface area contributed by atoms with Gasteiger partial charge in [-0.2, -0.15) is 0 Å². The molecule has 0 spiro atoms. The molecular weight excluding hydrogens is 757 g/mol. The third-order valence-electron chi connectivity index (χ3n) is 10.6. The second kappa shape index (κ2) is 42.0. The maximum absolute atomic E-state index is 12.7. The van der Waals surface area contributed by atoms with Crippen molar-refractivity contribution in [2.75, 3.05) is 26.4 Å². The second-order valence-electron chi connectivity index (χ2n) is 16.2. The van der Waals surface area contributed by atoms with Crippen LogP contribution in [0.5, 0.6) is 0 Å². The van der Waals surface area contributed by atoms with Gasteiger partial charge < -0.3 is 39.4 Å². The van der Waals surface area contributed by atoms with E-state index in [1.54, 1.807) is 0 Å². The Kier molecular flexibility index (Phi) is 38.9. The molecule has 1 fully saturated rings. The molecule has 4 N–H and O–H groups in total. The molecule has 0 saturated carbocycles. The van der Waals surface area contributed by atoms with E-state index >= 15 is 0 Å². The Labute approximate surface area is 366 Å². The van der Waals surface area contributed by atoms with Crippen LogP contribution in [0.4, 0.5) is 0 Å². The molecule has 0 aliphatic carbocycles. The predicted octanol–water partition coefficient (Wildman–Crippen LogP) is 11.3. The van der Waals surface area contributed by atoms with Crippen LogP contribution in [0.2, 0.25) is 0 Å². The zero-order valence-corrected chi connectivity index (χ0v) is 37.9. The molecule has 9 heteroatoms. The molecule has 1 heterocycles. The van der Waals surface area contributed by atoms with E-state index in [2.05, 4.69) is 86.8 Å². The second-order valence-corrected chi connectivity index (χ2v) is 16.2. The average Bonchev–Trinajstić information content (AvgIpc) is 3.25. The van der Waals surface area contributed by atoms with Gasteiger partial charge in [0, 0.05) is 13.0 Å². The van der Waals surface area contributed by atoms with Crippen LogP contribution in [0, 0.1) is 0 Å². The average molecular weight is 845 g/mol. The highest BCUT2D eigenvalue weighted by Gasteiger charge is 2.44. The lowest BCUT2D eigenvalue weighted by molar-refractivity contribution is -0.305. The van der Waals surface area contributed by atoms with Gasteiger partial charge in [0.25, 0.3) is 0 Å². The summed E-state index contributed by atoms with van der Waals surface area (Å²) < 4.78 is 22.8. The Bertz CT molecular complexity index is 1140. The van der Waals surface area contributed by atoms with Crippen LogP contribution < -0.4 is 0 Å². The van der Waals surface area contributed by atoms with Gasteiger partial charge in [-0.1, -0.05) is 183 Å². The fourth-order valence-electron chi connectivity index (χ4n) is 6.91. The molecule has 1 rings (SSSR count). The van der Waals surface area contributed by atoms with Crippen molar-refractivity contribution in [2.45, 2.75) is 218 Å². The van der Waals surface area contributed by atoms with E-state index in [1.165, 1.54) is 77.0 Å². The van der Waals surface area contributed by atoms with Gasteiger partial charge in [-0.05, 0) is 64.2 Å². The SMILES string of the molecule is CC/C=C\C/C=C\C/C=C\C/C=C\C/C=C\C/C=C\CCCCCCCCCOCC(COC1OC(CO)C(O)C(O)C1O)OC(=O)CCCCCCCCCCCCC. The number of unbranched alkanes of at least 4 members (excludes halogenated alkanes) is 17. The van der Waals surface area contributed by atoms with Gasteiger partial charge in [0.2, 0.25) is 0 Å². The van der Waals surface area contributed by atoms with Gasteiger partial charge in [0.15, 0.2) is 6.29 Å². The molecule has 0 bridgehead atoms. The number of ether oxygens (including phenoxy) is 4. The third kappa shape index (κ3) is 32.4. The highest BCUT2D eigenvalue weighted by molar-refractivity contribution is 5.69. The van der Waals surface area contributed by atoms with Gasteiger partial charge in [0.1, 0.15) is 30.5 Å². The number of aliphatic hydroxyl groups excluding tert-OH is 4. The molecule has 6 atom stereocenters. The molecule has 6 unspecified atom stereocenters. The number of rotatable bonds is 40. The number of aliphatic hydroxyl groups is 4. The molecule has 0 aromatic rings. The van der Waals surface area contributed by atoms with Crippen molar-refractivity contribution < 1.29 is 44.2 Å². The summed E-state index contributed by atoms with van der Waals surface area (Å²) >= 11 is 0. The molecule has 9 nitrogen and oxygen atoms in total. The molecule has 346 valence electrons. The van der Waals surface area contributed by atoms with E-state index in [0.29, 0.717) is 13.0 Å². The van der Waals surface area contributed by atoms with Crippen molar-refractivity contribution in [3.63, 3.8) is 0 Å². The highest BCUT2D eigenvalue weighted by Crippen LogP contribution is 2.22. The number of esters is 1. The van der Waals surface area contributed by atoms with Crippen LogP contribution in [-0.2, 0) is 23.7 Å². The van der Waals surface area contributed by atoms with Crippen molar-refractivity contribution >= 4 is 5.97 Å². The highest BCUT2D eigenvalue weighted by atomic mass is 16.7. The zero-order valence-electron chi connectivity index (χ0n) is 37.9. The van der Waals surface area contributed by atoms with Crippen LogP contribution in [-0.4, -0.2) is 89.6 Å². The van der Waals surface area contributed by atoms with Crippen molar-refractivity contribution in [2.24, 2.45) is 0 Å². The normalized spacial score (nSPS) is 20.7. The first-order chi connectivity index (χ1) is 29.4. The zero-order chi connectivity index (χ0) is 43.6. The first-order valence-corrected chi connectivity index (χ1v) is 24.0. The van der Waals surface area contributed by atoms with Crippen LogP contribution >= 0.6 is 0 Å². The fourth-order valence-corrected chi connectivity index (χ4v) is 6.91. The van der Waals surface area contributed by atoms with Crippen molar-refractivity contribution in [1.29, 1.82) is 0 Å². The Morgan fingerprint density at radius 2 is 1.02 bits per heavy atom. The van der Waals surface area contributed by atoms with Crippen LogP contribution in [0.15, 0.2) is 72.9 Å². The summed E-state index contributed by atoms with van der Waals surface area (Å²) in [6.07, 6.45) is 47.9. The van der Waals surface area contributed by atoms with E-state index in [4.69, 9.17) is 18.9 Å². The van der Waals surface area contributed by atoms with E-state index < -0.39 is 43.4 Å². The number of hydrogen-bond acceptors (Lipinski definition) is 9. The molecule has 0 amide bonds. The Morgan fingerprint density at radius 3 is 1.53 bits per heavy atom. The maximum atomic E-state index is 12.7. The quantitative estimate of drug-likeness (QED) is 0.0270. The van der Waals surface area contributed by atoms with Crippen LogP contribution in [0.1, 0.15) is 181 Å². The topological polar surface area (TPSA) is 135 Å². The smallest absolute Gasteiger partial charge is 0.306 e. The van der Waals surface area contributed by atoms with Crippen molar-refractivity contribution in [3.8, 4) is 0 Å². The largest absolute Gasteiger partial charge is 0.457 e. The Hall–Kier alpha value is -2.37. The molecule has 0 aromatic carbocycles. The minimum Gasteiger partial charge on any atom is -0.457 e. The van der Waals surface area contributed by atoms with Gasteiger partial charge in [-0.3, -0.25) is 4.79 Å². The first-order valence-electron chi connectivity index (χ1n) is 24.0. The minimum atomic E-state index is -1.54. The van der Waals surface area contributed by atoms with Crippen molar-refractivity contribution in [1.82, 2.24) is 0 Å². The summed E-state index contributed by atoms with van der Waals surface area (Å²) in [5, 5.41) is 40.1. The monoisotopic (exact) mass is 845 g/mol. The summed E-state index contributed by atoms with van der Waals surface area (Å²) in [7, 11) is 0. The number of allylic oxidation sites excluding steroid dienone is 12. The molecule has 0 aromatic heterocycles. The summed E-state index contributed by atoms with van der Waals surface area (Å²) in [6.45, 7) is 4.40. The van der Waals surface area contributed by atoms with E-state index in [9.17, 15) is 25.2 Å². The fraction of sp³-hybridized carbons (Fsp3) is 0.745. The number of carbonyl (C=O) groups excluding carboxylic acids is 1. The maximum Gasteiger partial charge on any atom is 0.306 e. The van der Waals surface area contributed by atoms with Crippen LogP contribution in [0.3, 0.4) is 0 Å². The van der Waals surface area contributed by atoms with Crippen LogP contribution in [0.25, 0.3) is 0 Å². The Balaban J connectivity index is 2.20. The molecule has 0 radical (unpaired) electrons. The summed E-state index contributed by atoms with van der Waals surface area (Å²) in [5.41, 5.74) is 0.